The first-order chi connectivity index (χ1) is 10.9. The highest BCUT2D eigenvalue weighted by atomic mass is 32.2. The molecule has 4 nitrogen and oxygen atoms in total. The van der Waals surface area contributed by atoms with E-state index in [1.54, 1.807) is 18.5 Å². The van der Waals surface area contributed by atoms with Gasteiger partial charge in [0, 0.05) is 41.5 Å². The monoisotopic (exact) mass is 343 g/mol. The third-order valence-electron chi connectivity index (χ3n) is 4.08. The van der Waals surface area contributed by atoms with Crippen LogP contribution in [0.1, 0.15) is 24.5 Å². The van der Waals surface area contributed by atoms with Crippen molar-refractivity contribution in [3.8, 4) is 0 Å². The molecule has 1 aliphatic heterocycles. The lowest BCUT2D eigenvalue weighted by Crippen LogP contribution is -2.32. The first-order valence-electron chi connectivity index (χ1n) is 7.27. The molecule has 0 aliphatic carbocycles. The molecule has 1 fully saturated rings. The Balaban J connectivity index is 1.64. The van der Waals surface area contributed by atoms with Crippen molar-refractivity contribution >= 4 is 16.5 Å². The van der Waals surface area contributed by atoms with Gasteiger partial charge in [0.15, 0.2) is 10.8 Å². The molecule has 0 amide bonds. The van der Waals surface area contributed by atoms with E-state index in [0.717, 1.165) is 37.3 Å². The molecular weight excluding hydrogens is 327 g/mol. The lowest BCUT2D eigenvalue weighted by atomic mass is 9.94. The number of nitrogens with zero attached hydrogens (tertiary/aromatic N) is 2. The predicted octanol–water partition coefficient (Wildman–Crippen LogP) is 3.42. The van der Waals surface area contributed by atoms with Crippen LogP contribution in [0.4, 0.5) is 18.9 Å². The van der Waals surface area contributed by atoms with Gasteiger partial charge in [0.1, 0.15) is 0 Å². The normalized spacial score (nSPS) is 18.1. The molecule has 0 spiro atoms. The van der Waals surface area contributed by atoms with Crippen molar-refractivity contribution in [1.82, 2.24) is 9.97 Å². The summed E-state index contributed by atoms with van der Waals surface area (Å²) in [7, 11) is -2.97. The van der Waals surface area contributed by atoms with Crippen LogP contribution in [0.5, 0.6) is 0 Å². The van der Waals surface area contributed by atoms with Gasteiger partial charge in [0.25, 0.3) is 0 Å². The zero-order chi connectivity index (χ0) is 16.4. The predicted molar refractivity (Wildman–Crippen MR) is 81.7 cm³/mol. The Morgan fingerprint density at radius 3 is 2.35 bits per heavy atom. The molecule has 2 aromatic rings. The number of piperidine rings is 1. The molecule has 1 N–H and O–H groups in total. The van der Waals surface area contributed by atoms with Gasteiger partial charge in [-0.25, -0.2) is 9.19 Å². The Hall–Kier alpha value is -1.83. The van der Waals surface area contributed by atoms with Crippen LogP contribution in [0, 0.1) is 0 Å². The summed E-state index contributed by atoms with van der Waals surface area (Å²) in [6, 6.07) is 5.80. The molecule has 1 aromatic carbocycles. The third kappa shape index (κ3) is 3.57. The van der Waals surface area contributed by atoms with Crippen LogP contribution in [0.2, 0.25) is 0 Å². The molecule has 3 rings (SSSR count). The number of halogens is 3. The Kier molecular flexibility index (Phi) is 4.43. The first-order valence-corrected chi connectivity index (χ1v) is 8.42. The van der Waals surface area contributed by atoms with Gasteiger partial charge in [-0.1, -0.05) is 0 Å². The number of aromatic nitrogens is 2. The molecule has 2 heterocycles. The summed E-state index contributed by atoms with van der Waals surface area (Å²) in [5.41, 5.74) is -2.74. The van der Waals surface area contributed by atoms with Crippen LogP contribution in [-0.4, -0.2) is 32.8 Å². The number of imidazole rings is 1. The minimum absolute atomic E-state index is 0.214. The molecule has 23 heavy (non-hydrogen) atoms. The second-order valence-corrected chi connectivity index (χ2v) is 6.95. The average Bonchev–Trinajstić information content (AvgIpc) is 3.08. The molecule has 1 saturated heterocycles. The highest BCUT2D eigenvalue weighted by Crippen LogP contribution is 2.31. The van der Waals surface area contributed by atoms with Gasteiger partial charge >= 0.3 is 5.51 Å². The Labute approximate surface area is 134 Å². The van der Waals surface area contributed by atoms with Crippen molar-refractivity contribution in [1.29, 1.82) is 0 Å². The van der Waals surface area contributed by atoms with Gasteiger partial charge in [0.05, 0.1) is 6.33 Å². The number of nitrogens with one attached hydrogen (secondary N) is 1. The van der Waals surface area contributed by atoms with Gasteiger partial charge in [-0.05, 0) is 37.1 Å². The first kappa shape index (κ1) is 16.0. The third-order valence-corrected chi connectivity index (χ3v) is 5.20. The molecule has 1 atom stereocenters. The van der Waals surface area contributed by atoms with E-state index in [-0.39, 0.29) is 4.90 Å². The fourth-order valence-corrected chi connectivity index (χ4v) is 3.50. The maximum absolute atomic E-state index is 12.4. The fraction of sp³-hybridized carbons (Fsp3) is 0.400. The van der Waals surface area contributed by atoms with Crippen molar-refractivity contribution in [2.24, 2.45) is 0 Å². The molecule has 1 unspecified atom stereocenters. The number of anilines is 1. The fourth-order valence-electron chi connectivity index (χ4n) is 2.85. The average molecular weight is 343 g/mol. The van der Waals surface area contributed by atoms with Gasteiger partial charge in [-0.15, -0.1) is 0 Å². The van der Waals surface area contributed by atoms with E-state index < -0.39 is 16.3 Å². The second-order valence-electron chi connectivity index (χ2n) is 5.48. The molecule has 1 aromatic heterocycles. The van der Waals surface area contributed by atoms with E-state index in [1.165, 1.54) is 12.1 Å². The van der Waals surface area contributed by atoms with E-state index in [2.05, 4.69) is 14.9 Å². The Morgan fingerprint density at radius 1 is 1.17 bits per heavy atom. The second kappa shape index (κ2) is 6.35. The van der Waals surface area contributed by atoms with E-state index in [9.17, 15) is 17.4 Å². The number of H-pyrrole nitrogens is 1. The van der Waals surface area contributed by atoms with Gasteiger partial charge < -0.3 is 9.88 Å². The summed E-state index contributed by atoms with van der Waals surface area (Å²) in [6.45, 7) is 1.65. The standard InChI is InChI=1S/C15H16F3N3OS/c16-15(17,18)23(22)13-3-1-12(2-4-13)21-7-5-11(6-8-21)14-9-19-10-20-14/h1-4,9-11H,5-8H2,(H,19,20). The van der Waals surface area contributed by atoms with Gasteiger partial charge in [-0.2, -0.15) is 13.2 Å². The van der Waals surface area contributed by atoms with Crippen molar-refractivity contribution in [3.05, 3.63) is 42.5 Å². The van der Waals surface area contributed by atoms with Crippen molar-refractivity contribution in [3.63, 3.8) is 0 Å². The number of aromatic amines is 1. The van der Waals surface area contributed by atoms with Crippen molar-refractivity contribution < 1.29 is 17.4 Å². The van der Waals surface area contributed by atoms with E-state index in [1.807, 2.05) is 6.20 Å². The van der Waals surface area contributed by atoms with Crippen LogP contribution in [0.3, 0.4) is 0 Å². The zero-order valence-corrected chi connectivity index (χ0v) is 13.0. The minimum Gasteiger partial charge on any atom is -0.371 e. The van der Waals surface area contributed by atoms with Crippen LogP contribution >= 0.6 is 0 Å². The minimum atomic E-state index is -4.72. The zero-order valence-electron chi connectivity index (χ0n) is 12.2. The summed E-state index contributed by atoms with van der Waals surface area (Å²) in [4.78, 5) is 9.07. The topological polar surface area (TPSA) is 49.0 Å². The van der Waals surface area contributed by atoms with Crippen LogP contribution in [0.25, 0.3) is 0 Å². The lowest BCUT2D eigenvalue weighted by molar-refractivity contribution is -0.0384. The summed E-state index contributed by atoms with van der Waals surface area (Å²) < 4.78 is 48.6. The maximum atomic E-state index is 12.4. The summed E-state index contributed by atoms with van der Waals surface area (Å²) in [5.74, 6) is 0.436. The molecule has 0 radical (unpaired) electrons. The largest absolute Gasteiger partial charge is 0.475 e. The van der Waals surface area contributed by atoms with E-state index in [4.69, 9.17) is 0 Å². The van der Waals surface area contributed by atoms with Crippen LogP contribution in [-0.2, 0) is 10.8 Å². The SMILES string of the molecule is O=S(c1ccc(N2CCC(c3cnc[nH]3)CC2)cc1)C(F)(F)F. The number of rotatable bonds is 3. The highest BCUT2D eigenvalue weighted by Gasteiger charge is 2.37. The summed E-state index contributed by atoms with van der Waals surface area (Å²) in [5, 5.41) is 0. The van der Waals surface area contributed by atoms with E-state index in [0.29, 0.717) is 5.92 Å². The molecule has 0 bridgehead atoms. The molecular formula is C15H16F3N3OS. The summed E-state index contributed by atoms with van der Waals surface area (Å²) >= 11 is 0. The van der Waals surface area contributed by atoms with Crippen LogP contribution in [0.15, 0.2) is 41.7 Å². The van der Waals surface area contributed by atoms with E-state index >= 15 is 0 Å². The smallest absolute Gasteiger partial charge is 0.371 e. The number of hydrogen-bond acceptors (Lipinski definition) is 3. The molecule has 0 saturated carbocycles. The Morgan fingerprint density at radius 2 is 1.83 bits per heavy atom. The summed E-state index contributed by atoms with van der Waals surface area (Å²) in [6.07, 6.45) is 5.42. The van der Waals surface area contributed by atoms with Crippen molar-refractivity contribution in [2.75, 3.05) is 18.0 Å². The molecule has 1 aliphatic rings. The highest BCUT2D eigenvalue weighted by molar-refractivity contribution is 7.86. The lowest BCUT2D eigenvalue weighted by Gasteiger charge is -2.33. The maximum Gasteiger partial charge on any atom is 0.475 e. The number of benzene rings is 1. The van der Waals surface area contributed by atoms with Crippen LogP contribution < -0.4 is 4.90 Å². The van der Waals surface area contributed by atoms with Crippen molar-refractivity contribution in [2.45, 2.75) is 29.2 Å². The number of hydrogen-bond donors (Lipinski definition) is 1. The quantitative estimate of drug-likeness (QED) is 0.929. The number of alkyl halides is 3. The molecule has 124 valence electrons. The Bertz CT molecular complexity index is 662. The molecule has 8 heteroatoms. The van der Waals surface area contributed by atoms with Gasteiger partial charge in [-0.3, -0.25) is 0 Å². The van der Waals surface area contributed by atoms with Gasteiger partial charge in [0.2, 0.25) is 0 Å².